The Hall–Kier alpha value is -1.30. The van der Waals surface area contributed by atoms with Crippen LogP contribution in [0.15, 0.2) is 42.5 Å². The van der Waals surface area contributed by atoms with Crippen molar-refractivity contribution in [1.29, 1.82) is 0 Å². The number of anilines is 2. The van der Waals surface area contributed by atoms with Crippen molar-refractivity contribution < 1.29 is 4.39 Å². The predicted octanol–water partition coefficient (Wildman–Crippen LogP) is 3.67. The third kappa shape index (κ3) is 3.60. The summed E-state index contributed by atoms with van der Waals surface area (Å²) in [6.07, 6.45) is 0.790. The van der Waals surface area contributed by atoms with Crippen molar-refractivity contribution >= 4 is 34.0 Å². The molecule has 0 saturated carbocycles. The van der Waals surface area contributed by atoms with Gasteiger partial charge in [0.1, 0.15) is 5.82 Å². The molecule has 0 fully saturated rings. The van der Waals surface area contributed by atoms with E-state index in [4.69, 9.17) is 5.73 Å². The Morgan fingerprint density at radius 3 is 2.72 bits per heavy atom. The average molecular weight is 356 g/mol. The molecule has 0 radical (unpaired) electrons. The number of nitrogens with two attached hydrogens (primary N) is 1. The maximum atomic E-state index is 13.0. The van der Waals surface area contributed by atoms with Crippen molar-refractivity contribution in [2.45, 2.75) is 6.42 Å². The van der Waals surface area contributed by atoms with Gasteiger partial charge >= 0.3 is 0 Å². The van der Waals surface area contributed by atoms with Crippen molar-refractivity contribution in [3.63, 3.8) is 0 Å². The lowest BCUT2D eigenvalue weighted by Gasteiger charge is -2.09. The number of hydrogen-bond acceptors (Lipinski definition) is 2. The summed E-state index contributed by atoms with van der Waals surface area (Å²) in [5.74, 6) is -0.186. The van der Waals surface area contributed by atoms with Crippen molar-refractivity contribution in [2.24, 2.45) is 0 Å². The molecule has 2 nitrogen and oxygen atoms in total. The van der Waals surface area contributed by atoms with Gasteiger partial charge in [0, 0.05) is 21.5 Å². The van der Waals surface area contributed by atoms with E-state index in [0.29, 0.717) is 0 Å². The molecule has 0 heterocycles. The highest BCUT2D eigenvalue weighted by Gasteiger charge is 2.00. The van der Waals surface area contributed by atoms with Crippen LogP contribution in [0, 0.1) is 9.39 Å². The van der Waals surface area contributed by atoms with Gasteiger partial charge in [0.15, 0.2) is 0 Å². The van der Waals surface area contributed by atoms with Crippen LogP contribution in [0.4, 0.5) is 15.8 Å². The zero-order valence-electron chi connectivity index (χ0n) is 9.79. The van der Waals surface area contributed by atoms with Crippen LogP contribution in [-0.4, -0.2) is 6.54 Å². The van der Waals surface area contributed by atoms with Crippen LogP contribution in [0.1, 0.15) is 5.56 Å². The summed E-state index contributed by atoms with van der Waals surface area (Å²) in [6.45, 7) is 0.767. The molecule has 18 heavy (non-hydrogen) atoms. The van der Waals surface area contributed by atoms with E-state index in [2.05, 4.69) is 27.9 Å². The Morgan fingerprint density at radius 2 is 2.00 bits per heavy atom. The number of halogens is 2. The Bertz CT molecular complexity index is 543. The molecule has 0 amide bonds. The van der Waals surface area contributed by atoms with Crippen molar-refractivity contribution in [1.82, 2.24) is 0 Å². The van der Waals surface area contributed by atoms with Gasteiger partial charge in [0.05, 0.1) is 0 Å². The molecule has 0 aliphatic carbocycles. The SMILES string of the molecule is Nc1ccc(NCCc2cccc(F)c2)c(I)c1. The molecule has 0 bridgehead atoms. The molecular weight excluding hydrogens is 342 g/mol. The van der Waals surface area contributed by atoms with Gasteiger partial charge < -0.3 is 11.1 Å². The maximum Gasteiger partial charge on any atom is 0.123 e. The highest BCUT2D eigenvalue weighted by molar-refractivity contribution is 14.1. The molecule has 0 spiro atoms. The lowest BCUT2D eigenvalue weighted by molar-refractivity contribution is 0.625. The van der Waals surface area contributed by atoms with Gasteiger partial charge in [0.2, 0.25) is 0 Å². The molecule has 0 unspecified atom stereocenters. The van der Waals surface area contributed by atoms with Crippen LogP contribution in [0.5, 0.6) is 0 Å². The maximum absolute atomic E-state index is 13.0. The summed E-state index contributed by atoms with van der Waals surface area (Å²) < 4.78 is 14.1. The van der Waals surface area contributed by atoms with Gasteiger partial charge in [-0.15, -0.1) is 0 Å². The summed E-state index contributed by atoms with van der Waals surface area (Å²) in [5.41, 5.74) is 8.50. The Kier molecular flexibility index (Phi) is 4.41. The molecule has 0 aromatic heterocycles. The number of benzene rings is 2. The van der Waals surface area contributed by atoms with Crippen LogP contribution < -0.4 is 11.1 Å². The fraction of sp³-hybridized carbons (Fsp3) is 0.143. The summed E-state index contributed by atoms with van der Waals surface area (Å²) >= 11 is 2.24. The van der Waals surface area contributed by atoms with Crippen LogP contribution in [-0.2, 0) is 6.42 Å². The lowest BCUT2D eigenvalue weighted by Crippen LogP contribution is -2.06. The minimum Gasteiger partial charge on any atom is -0.399 e. The quantitative estimate of drug-likeness (QED) is 0.648. The second kappa shape index (κ2) is 6.04. The summed E-state index contributed by atoms with van der Waals surface area (Å²) in [7, 11) is 0. The first kappa shape index (κ1) is 13.1. The fourth-order valence-corrected chi connectivity index (χ4v) is 2.44. The van der Waals surface area contributed by atoms with Gasteiger partial charge in [-0.3, -0.25) is 0 Å². The molecule has 94 valence electrons. The van der Waals surface area contributed by atoms with Crippen LogP contribution in [0.3, 0.4) is 0 Å². The molecule has 0 aliphatic heterocycles. The van der Waals surface area contributed by atoms with Crippen molar-refractivity contribution in [3.8, 4) is 0 Å². The van der Waals surface area contributed by atoms with E-state index in [1.807, 2.05) is 24.3 Å². The van der Waals surface area contributed by atoms with E-state index >= 15 is 0 Å². The standard InChI is InChI=1S/C14H14FIN2/c15-11-3-1-2-10(8-11)6-7-18-14-5-4-12(17)9-13(14)16/h1-5,8-9,18H,6-7,17H2. The largest absolute Gasteiger partial charge is 0.399 e. The first-order chi connectivity index (χ1) is 8.65. The highest BCUT2D eigenvalue weighted by Crippen LogP contribution is 2.20. The first-order valence-electron chi connectivity index (χ1n) is 5.68. The average Bonchev–Trinajstić information content (AvgIpc) is 2.32. The number of nitrogen functional groups attached to an aromatic ring is 1. The van der Waals surface area contributed by atoms with Crippen molar-refractivity contribution in [3.05, 3.63) is 57.4 Å². The van der Waals surface area contributed by atoms with Gasteiger partial charge in [-0.05, 0) is 64.9 Å². The predicted molar refractivity (Wildman–Crippen MR) is 82.2 cm³/mol. The smallest absolute Gasteiger partial charge is 0.123 e. The second-order valence-corrected chi connectivity index (χ2v) is 5.21. The second-order valence-electron chi connectivity index (χ2n) is 4.05. The molecule has 2 rings (SSSR count). The monoisotopic (exact) mass is 356 g/mol. The third-order valence-corrected chi connectivity index (χ3v) is 3.50. The molecule has 0 atom stereocenters. The zero-order chi connectivity index (χ0) is 13.0. The summed E-state index contributed by atoms with van der Waals surface area (Å²) in [6, 6.07) is 12.4. The van der Waals surface area contributed by atoms with E-state index in [1.54, 1.807) is 12.1 Å². The van der Waals surface area contributed by atoms with Gasteiger partial charge in [-0.1, -0.05) is 12.1 Å². The summed E-state index contributed by atoms with van der Waals surface area (Å²) in [5, 5.41) is 3.32. The topological polar surface area (TPSA) is 38.0 Å². The Labute approximate surface area is 120 Å². The lowest BCUT2D eigenvalue weighted by atomic mass is 10.1. The van der Waals surface area contributed by atoms with Crippen LogP contribution in [0.25, 0.3) is 0 Å². The van der Waals surface area contributed by atoms with Crippen molar-refractivity contribution in [2.75, 3.05) is 17.6 Å². The molecule has 2 aromatic rings. The van der Waals surface area contributed by atoms with Gasteiger partial charge in [0.25, 0.3) is 0 Å². The zero-order valence-corrected chi connectivity index (χ0v) is 11.9. The van der Waals surface area contributed by atoms with E-state index in [-0.39, 0.29) is 5.82 Å². The molecule has 0 aliphatic rings. The number of hydrogen-bond donors (Lipinski definition) is 2. The van der Waals surface area contributed by atoms with Crippen LogP contribution >= 0.6 is 22.6 Å². The Balaban J connectivity index is 1.92. The van der Waals surface area contributed by atoms with E-state index in [0.717, 1.165) is 33.5 Å². The number of rotatable bonds is 4. The molecular formula is C14H14FIN2. The van der Waals surface area contributed by atoms with E-state index in [9.17, 15) is 4.39 Å². The minimum atomic E-state index is -0.186. The molecule has 3 N–H and O–H groups in total. The number of nitrogens with one attached hydrogen (secondary N) is 1. The van der Waals surface area contributed by atoms with Crippen LogP contribution in [0.2, 0.25) is 0 Å². The van der Waals surface area contributed by atoms with E-state index in [1.165, 1.54) is 6.07 Å². The molecule has 4 heteroatoms. The minimum absolute atomic E-state index is 0.186. The summed E-state index contributed by atoms with van der Waals surface area (Å²) in [4.78, 5) is 0. The Morgan fingerprint density at radius 1 is 1.17 bits per heavy atom. The molecule has 0 saturated heterocycles. The highest BCUT2D eigenvalue weighted by atomic mass is 127. The normalized spacial score (nSPS) is 10.3. The first-order valence-corrected chi connectivity index (χ1v) is 6.76. The van der Waals surface area contributed by atoms with E-state index < -0.39 is 0 Å². The third-order valence-electron chi connectivity index (χ3n) is 2.61. The van der Waals surface area contributed by atoms with Gasteiger partial charge in [-0.2, -0.15) is 0 Å². The van der Waals surface area contributed by atoms with Gasteiger partial charge in [-0.25, -0.2) is 4.39 Å². The fourth-order valence-electron chi connectivity index (χ4n) is 1.71. The molecule has 2 aromatic carbocycles.